The van der Waals surface area contributed by atoms with Gasteiger partial charge in [0.25, 0.3) is 5.91 Å². The summed E-state index contributed by atoms with van der Waals surface area (Å²) in [6, 6.07) is 14.7. The maximum absolute atomic E-state index is 13.8. The number of urea groups is 1. The van der Waals surface area contributed by atoms with Crippen LogP contribution in [0.1, 0.15) is 15.9 Å². The minimum absolute atomic E-state index is 0.248. The van der Waals surface area contributed by atoms with Gasteiger partial charge in [-0.1, -0.05) is 18.2 Å². The number of halogens is 2. The summed E-state index contributed by atoms with van der Waals surface area (Å²) in [4.78, 5) is 31.9. The predicted molar refractivity (Wildman–Crippen MR) is 151 cm³/mol. The summed E-state index contributed by atoms with van der Waals surface area (Å²) in [7, 11) is 4.47. The molecule has 0 radical (unpaired) electrons. The third-order valence-electron chi connectivity index (χ3n) is 6.91. The van der Waals surface area contributed by atoms with Crippen LogP contribution in [0.2, 0.25) is 0 Å². The number of nitrogens with one attached hydrogen (secondary N) is 1. The Morgan fingerprint density at radius 2 is 1.51 bits per heavy atom. The SMILES string of the molecule is COc1cc(C(=O)N(CCN2CCN(C(=O)Nc3cccc(F)c3)CC2)Cc2ccc(F)cc2)cc(OC)c1OC. The van der Waals surface area contributed by atoms with E-state index in [1.165, 1.54) is 45.6 Å². The topological polar surface area (TPSA) is 83.6 Å². The van der Waals surface area contributed by atoms with E-state index in [9.17, 15) is 18.4 Å². The van der Waals surface area contributed by atoms with Crippen molar-refractivity contribution in [2.24, 2.45) is 0 Å². The first-order valence-electron chi connectivity index (χ1n) is 13.2. The number of hydrogen-bond donors (Lipinski definition) is 1. The van der Waals surface area contributed by atoms with Gasteiger partial charge in [-0.25, -0.2) is 13.6 Å². The molecule has 9 nitrogen and oxygen atoms in total. The Morgan fingerprint density at radius 3 is 2.10 bits per heavy atom. The molecule has 0 atom stereocenters. The normalized spacial score (nSPS) is 13.4. The van der Waals surface area contributed by atoms with Crippen molar-refractivity contribution in [2.45, 2.75) is 6.54 Å². The van der Waals surface area contributed by atoms with Crippen molar-refractivity contribution < 1.29 is 32.6 Å². The van der Waals surface area contributed by atoms with Gasteiger partial charge in [0.2, 0.25) is 5.75 Å². The molecule has 1 aliphatic heterocycles. The summed E-state index contributed by atoms with van der Waals surface area (Å²) in [5.41, 5.74) is 1.55. The molecule has 3 aromatic carbocycles. The van der Waals surface area contributed by atoms with E-state index in [1.54, 1.807) is 46.2 Å². The Bertz CT molecular complexity index is 1320. The molecule has 4 rings (SSSR count). The molecule has 0 bridgehead atoms. The summed E-state index contributed by atoms with van der Waals surface area (Å²) in [6.07, 6.45) is 0. The molecular formula is C30H34F2N4O5. The first kappa shape index (κ1) is 29.6. The van der Waals surface area contributed by atoms with Gasteiger partial charge in [0.05, 0.1) is 21.3 Å². The highest BCUT2D eigenvalue weighted by atomic mass is 19.1. The Balaban J connectivity index is 1.43. The molecule has 218 valence electrons. The predicted octanol–water partition coefficient (Wildman–Crippen LogP) is 4.48. The lowest BCUT2D eigenvalue weighted by molar-refractivity contribution is 0.0703. The zero-order valence-corrected chi connectivity index (χ0v) is 23.4. The largest absolute Gasteiger partial charge is 0.493 e. The average molecular weight is 569 g/mol. The number of anilines is 1. The molecule has 0 saturated carbocycles. The Labute approximate surface area is 238 Å². The second-order valence-corrected chi connectivity index (χ2v) is 9.54. The zero-order valence-electron chi connectivity index (χ0n) is 23.4. The summed E-state index contributed by atoms with van der Waals surface area (Å²) >= 11 is 0. The smallest absolute Gasteiger partial charge is 0.321 e. The molecule has 41 heavy (non-hydrogen) atoms. The van der Waals surface area contributed by atoms with Gasteiger partial charge < -0.3 is 29.3 Å². The van der Waals surface area contributed by atoms with E-state index in [4.69, 9.17) is 14.2 Å². The number of hydrogen-bond acceptors (Lipinski definition) is 6. The molecule has 1 N–H and O–H groups in total. The summed E-state index contributed by atoms with van der Waals surface area (Å²) in [5, 5.41) is 2.73. The van der Waals surface area contributed by atoms with E-state index >= 15 is 0 Å². The van der Waals surface area contributed by atoms with Gasteiger partial charge >= 0.3 is 6.03 Å². The maximum atomic E-state index is 13.8. The molecule has 3 aromatic rings. The lowest BCUT2D eigenvalue weighted by Gasteiger charge is -2.36. The summed E-state index contributed by atoms with van der Waals surface area (Å²) in [6.45, 7) is 3.42. The van der Waals surface area contributed by atoms with Crippen LogP contribution in [0.5, 0.6) is 17.2 Å². The molecule has 11 heteroatoms. The summed E-state index contributed by atoms with van der Waals surface area (Å²) < 4.78 is 43.2. The molecule has 1 saturated heterocycles. The number of ether oxygens (including phenoxy) is 3. The Morgan fingerprint density at radius 1 is 0.854 bits per heavy atom. The quantitative estimate of drug-likeness (QED) is 0.388. The van der Waals surface area contributed by atoms with Crippen LogP contribution >= 0.6 is 0 Å². The molecule has 0 aliphatic carbocycles. The molecule has 1 aliphatic rings. The highest BCUT2D eigenvalue weighted by Crippen LogP contribution is 2.38. The van der Waals surface area contributed by atoms with E-state index in [0.29, 0.717) is 67.8 Å². The highest BCUT2D eigenvalue weighted by Gasteiger charge is 2.25. The van der Waals surface area contributed by atoms with E-state index in [-0.39, 0.29) is 24.3 Å². The molecule has 0 spiro atoms. The lowest BCUT2D eigenvalue weighted by atomic mass is 10.1. The number of amides is 3. The van der Waals surface area contributed by atoms with Crippen LogP contribution in [0.15, 0.2) is 60.7 Å². The van der Waals surface area contributed by atoms with Gasteiger partial charge in [0.15, 0.2) is 11.5 Å². The van der Waals surface area contributed by atoms with Crippen molar-refractivity contribution in [3.63, 3.8) is 0 Å². The number of nitrogens with zero attached hydrogens (tertiary/aromatic N) is 3. The van der Waals surface area contributed by atoms with Gasteiger partial charge in [0.1, 0.15) is 11.6 Å². The Kier molecular flexibility index (Phi) is 9.96. The molecular weight excluding hydrogens is 534 g/mol. The second kappa shape index (κ2) is 13.8. The number of piperazine rings is 1. The summed E-state index contributed by atoms with van der Waals surface area (Å²) in [5.74, 6) is 0.0983. The van der Waals surface area contributed by atoms with Gasteiger partial charge in [-0.2, -0.15) is 0 Å². The first-order chi connectivity index (χ1) is 19.8. The van der Waals surface area contributed by atoms with E-state index in [0.717, 1.165) is 5.56 Å². The van der Waals surface area contributed by atoms with Gasteiger partial charge in [-0.05, 0) is 48.0 Å². The molecule has 1 heterocycles. The van der Waals surface area contributed by atoms with Crippen molar-refractivity contribution in [3.8, 4) is 17.2 Å². The van der Waals surface area contributed by atoms with Crippen LogP contribution in [-0.2, 0) is 6.54 Å². The average Bonchev–Trinajstić information content (AvgIpc) is 2.99. The van der Waals surface area contributed by atoms with E-state index in [2.05, 4.69) is 10.2 Å². The minimum atomic E-state index is -0.418. The van der Waals surface area contributed by atoms with E-state index in [1.807, 2.05) is 0 Å². The number of rotatable bonds is 10. The molecule has 0 unspecified atom stereocenters. The number of carbonyl (C=O) groups is 2. The molecule has 0 aromatic heterocycles. The van der Waals surface area contributed by atoms with Crippen LogP contribution < -0.4 is 19.5 Å². The molecule has 1 fully saturated rings. The van der Waals surface area contributed by atoms with Crippen molar-refractivity contribution >= 4 is 17.6 Å². The third kappa shape index (κ3) is 7.63. The molecule has 3 amide bonds. The van der Waals surface area contributed by atoms with Crippen molar-refractivity contribution in [1.29, 1.82) is 0 Å². The fourth-order valence-corrected chi connectivity index (χ4v) is 4.66. The van der Waals surface area contributed by atoms with Gasteiger partial charge in [-0.15, -0.1) is 0 Å². The van der Waals surface area contributed by atoms with Crippen molar-refractivity contribution in [3.05, 3.63) is 83.4 Å². The van der Waals surface area contributed by atoms with Crippen LogP contribution in [0.25, 0.3) is 0 Å². The highest BCUT2D eigenvalue weighted by molar-refractivity contribution is 5.95. The standard InChI is InChI=1S/C30H34F2N4O5/c1-39-26-17-22(18-27(40-2)28(26)41-3)29(37)36(20-21-7-9-23(31)10-8-21)16-13-34-11-14-35(15-12-34)30(38)33-25-6-4-5-24(32)19-25/h4-10,17-19H,11-16,20H2,1-3H3,(H,33,38). The first-order valence-corrected chi connectivity index (χ1v) is 13.2. The van der Waals surface area contributed by atoms with E-state index < -0.39 is 5.82 Å². The number of methoxy groups -OCH3 is 3. The minimum Gasteiger partial charge on any atom is -0.493 e. The number of carbonyl (C=O) groups excluding carboxylic acids is 2. The van der Waals surface area contributed by atoms with Gasteiger partial charge in [-0.3, -0.25) is 9.69 Å². The Hall–Kier alpha value is -4.38. The van der Waals surface area contributed by atoms with Crippen molar-refractivity contribution in [1.82, 2.24) is 14.7 Å². The third-order valence-corrected chi connectivity index (χ3v) is 6.91. The lowest BCUT2D eigenvalue weighted by Crippen LogP contribution is -2.51. The maximum Gasteiger partial charge on any atom is 0.321 e. The van der Waals surface area contributed by atoms with Crippen molar-refractivity contribution in [2.75, 3.05) is 65.9 Å². The van der Waals surface area contributed by atoms with Crippen LogP contribution in [0.4, 0.5) is 19.3 Å². The second-order valence-electron chi connectivity index (χ2n) is 9.54. The van der Waals surface area contributed by atoms with Crippen LogP contribution in [0, 0.1) is 11.6 Å². The van der Waals surface area contributed by atoms with Crippen LogP contribution in [0.3, 0.4) is 0 Å². The fraction of sp³-hybridized carbons (Fsp3) is 0.333. The zero-order chi connectivity index (χ0) is 29.4. The fourth-order valence-electron chi connectivity index (χ4n) is 4.66. The van der Waals surface area contributed by atoms with Crippen LogP contribution in [-0.4, -0.2) is 87.2 Å². The number of benzene rings is 3. The monoisotopic (exact) mass is 568 g/mol. The van der Waals surface area contributed by atoms with Gasteiger partial charge in [0, 0.05) is 57.1 Å².